The fourth-order valence-corrected chi connectivity index (χ4v) is 6.92. The average molecular weight is 827 g/mol. The van der Waals surface area contributed by atoms with E-state index in [2.05, 4.69) is 174 Å². The van der Waals surface area contributed by atoms with Gasteiger partial charge in [-0.3, -0.25) is 0 Å². The summed E-state index contributed by atoms with van der Waals surface area (Å²) >= 11 is 0. The van der Waals surface area contributed by atoms with Crippen LogP contribution >= 0.6 is 0 Å². The van der Waals surface area contributed by atoms with E-state index in [1.54, 1.807) is 0 Å². The Morgan fingerprint density at radius 2 is 1.36 bits per heavy atom. The normalized spacial score (nSPS) is 12.7. The van der Waals surface area contributed by atoms with E-state index in [9.17, 15) is 0 Å². The van der Waals surface area contributed by atoms with Gasteiger partial charge in [0.15, 0.2) is 0 Å². The smallest absolute Gasteiger partial charge is 0.0192 e. The van der Waals surface area contributed by atoms with Crippen LogP contribution in [0.2, 0.25) is 0 Å². The molecule has 2 nitrogen and oxygen atoms in total. The largest absolute Gasteiger partial charge is 0.305 e. The molecule has 0 atom stereocenters. The summed E-state index contributed by atoms with van der Waals surface area (Å²) in [5.41, 5.74) is 15.8. The maximum absolute atomic E-state index is 4.65. The molecule has 0 bridgehead atoms. The second-order valence-corrected chi connectivity index (χ2v) is 14.7. The zero-order valence-electron chi connectivity index (χ0n) is 29.9. The first kappa shape index (κ1) is 35.1. The van der Waals surface area contributed by atoms with Crippen molar-refractivity contribution in [2.24, 2.45) is 0 Å². The topological polar surface area (TPSA) is 25.8 Å². The molecule has 8 rings (SSSR count). The van der Waals surface area contributed by atoms with E-state index >= 15 is 0 Å². The van der Waals surface area contributed by atoms with Crippen molar-refractivity contribution in [3.05, 3.63) is 168 Å². The predicted octanol–water partition coefficient (Wildman–Crippen LogP) is 12.1. The molecule has 0 spiro atoms. The number of nitrogens with zero attached hydrogens (tertiary/aromatic N) is 2. The van der Waals surface area contributed by atoms with Gasteiger partial charge in [-0.2, -0.15) is 0 Å². The van der Waals surface area contributed by atoms with Gasteiger partial charge >= 0.3 is 0 Å². The zero-order chi connectivity index (χ0) is 34.3. The molecule has 0 N–H and O–H groups in total. The van der Waals surface area contributed by atoms with Crippen molar-refractivity contribution in [1.82, 2.24) is 9.97 Å². The van der Waals surface area contributed by atoms with Gasteiger partial charge in [0.25, 0.3) is 0 Å². The fourth-order valence-electron chi connectivity index (χ4n) is 6.92. The fraction of sp³-hybridized carbons (Fsp3) is 0.191. The third kappa shape index (κ3) is 6.73. The summed E-state index contributed by atoms with van der Waals surface area (Å²) in [6.07, 6.45) is 3.84. The Morgan fingerprint density at radius 1 is 0.640 bits per heavy atom. The molecule has 0 fully saturated rings. The molecular weight excluding hydrogens is 785 g/mol. The van der Waals surface area contributed by atoms with E-state index in [4.69, 9.17) is 0 Å². The van der Waals surface area contributed by atoms with Crippen molar-refractivity contribution < 1.29 is 20.1 Å². The van der Waals surface area contributed by atoms with Crippen LogP contribution in [0.4, 0.5) is 0 Å². The molecular formula is C47H42IrN2-2. The maximum Gasteiger partial charge on any atom is 0.0192 e. The van der Waals surface area contributed by atoms with E-state index in [1.807, 2.05) is 24.5 Å². The van der Waals surface area contributed by atoms with Crippen LogP contribution in [0.1, 0.15) is 62.4 Å². The van der Waals surface area contributed by atoms with Crippen LogP contribution < -0.4 is 0 Å². The van der Waals surface area contributed by atoms with Gasteiger partial charge in [-0.15, -0.1) is 64.7 Å². The number of rotatable bonds is 3. The Bertz CT molecular complexity index is 2310. The Kier molecular flexibility index (Phi) is 9.77. The molecule has 1 aliphatic rings. The first-order valence-corrected chi connectivity index (χ1v) is 17.1. The minimum absolute atomic E-state index is 0. The molecule has 2 heterocycles. The second kappa shape index (κ2) is 13.9. The summed E-state index contributed by atoms with van der Waals surface area (Å²) < 4.78 is 0. The minimum atomic E-state index is -0.0306. The van der Waals surface area contributed by atoms with Crippen LogP contribution in [0.25, 0.3) is 55.5 Å². The molecule has 0 aliphatic heterocycles. The summed E-state index contributed by atoms with van der Waals surface area (Å²) in [4.78, 5) is 9.17. The van der Waals surface area contributed by atoms with Crippen LogP contribution in [-0.4, -0.2) is 9.97 Å². The number of hydrogen-bond donors (Lipinski definition) is 0. The molecule has 1 aliphatic carbocycles. The molecule has 2 aromatic heterocycles. The van der Waals surface area contributed by atoms with Crippen LogP contribution in [0.5, 0.6) is 0 Å². The van der Waals surface area contributed by atoms with E-state index in [-0.39, 0.29) is 30.9 Å². The van der Waals surface area contributed by atoms with Crippen LogP contribution in [-0.2, 0) is 30.9 Å². The molecule has 0 saturated carbocycles. The van der Waals surface area contributed by atoms with Gasteiger partial charge in [-0.05, 0) is 80.7 Å². The predicted molar refractivity (Wildman–Crippen MR) is 206 cm³/mol. The SMILES string of the molecule is CC(C)(C)c1ccnc(-c2[c-]ccc(-c3ccccc3)c2)c1.Cc1cnc(-c2[c-]cc3c(c2)-c2ccc4ccccc4c2C3(C)C)cc1C.[Ir]. The average Bonchev–Trinajstić information content (AvgIpc) is 3.35. The first-order chi connectivity index (χ1) is 23.5. The Hall–Kier alpha value is -4.69. The van der Waals surface area contributed by atoms with Crippen molar-refractivity contribution in [3.63, 3.8) is 0 Å². The third-order valence-corrected chi connectivity index (χ3v) is 9.93. The van der Waals surface area contributed by atoms with Crippen LogP contribution in [0, 0.1) is 26.0 Å². The second-order valence-electron chi connectivity index (χ2n) is 14.7. The summed E-state index contributed by atoms with van der Waals surface area (Å²) in [6.45, 7) is 15.5. The van der Waals surface area contributed by atoms with Gasteiger partial charge in [0.1, 0.15) is 0 Å². The van der Waals surface area contributed by atoms with E-state index in [1.165, 1.54) is 60.8 Å². The number of aromatic nitrogens is 2. The molecule has 0 amide bonds. The van der Waals surface area contributed by atoms with Crippen molar-refractivity contribution >= 4 is 10.8 Å². The van der Waals surface area contributed by atoms with Gasteiger partial charge in [0, 0.05) is 32.5 Å². The van der Waals surface area contributed by atoms with E-state index in [0.717, 1.165) is 22.5 Å². The van der Waals surface area contributed by atoms with E-state index in [0.29, 0.717) is 0 Å². The van der Waals surface area contributed by atoms with Crippen LogP contribution in [0.3, 0.4) is 0 Å². The number of fused-ring (bicyclic) bond motifs is 5. The molecule has 0 saturated heterocycles. The number of benzene rings is 5. The van der Waals surface area contributed by atoms with Crippen molar-refractivity contribution in [2.45, 2.75) is 59.3 Å². The van der Waals surface area contributed by atoms with Crippen molar-refractivity contribution in [2.75, 3.05) is 0 Å². The van der Waals surface area contributed by atoms with Gasteiger partial charge in [-0.1, -0.05) is 125 Å². The number of hydrogen-bond acceptors (Lipinski definition) is 2. The molecule has 3 heteroatoms. The molecule has 5 aromatic carbocycles. The van der Waals surface area contributed by atoms with Crippen LogP contribution in [0.15, 0.2) is 128 Å². The minimum Gasteiger partial charge on any atom is -0.305 e. The zero-order valence-corrected chi connectivity index (χ0v) is 32.2. The summed E-state index contributed by atoms with van der Waals surface area (Å²) in [7, 11) is 0. The summed E-state index contributed by atoms with van der Waals surface area (Å²) in [5.74, 6) is 0. The number of aryl methyl sites for hydroxylation is 2. The quantitative estimate of drug-likeness (QED) is 0.166. The third-order valence-electron chi connectivity index (χ3n) is 9.93. The summed E-state index contributed by atoms with van der Waals surface area (Å²) in [6, 6.07) is 47.5. The molecule has 1 radical (unpaired) electrons. The molecule has 251 valence electrons. The number of pyridine rings is 2. The molecule has 7 aromatic rings. The molecule has 50 heavy (non-hydrogen) atoms. The van der Waals surface area contributed by atoms with Gasteiger partial charge in [-0.25, -0.2) is 0 Å². The first-order valence-electron chi connectivity index (χ1n) is 17.1. The van der Waals surface area contributed by atoms with Gasteiger partial charge in [0.05, 0.1) is 0 Å². The Morgan fingerprint density at radius 3 is 2.12 bits per heavy atom. The molecule has 0 unspecified atom stereocenters. The van der Waals surface area contributed by atoms with Gasteiger partial charge in [0.2, 0.25) is 0 Å². The van der Waals surface area contributed by atoms with Crippen molar-refractivity contribution in [3.8, 4) is 44.8 Å². The van der Waals surface area contributed by atoms with Crippen molar-refractivity contribution in [1.29, 1.82) is 0 Å². The summed E-state index contributed by atoms with van der Waals surface area (Å²) in [5, 5.41) is 2.65. The monoisotopic (exact) mass is 827 g/mol. The Balaban J connectivity index is 0.000000173. The maximum atomic E-state index is 4.65. The van der Waals surface area contributed by atoms with E-state index < -0.39 is 0 Å². The Labute approximate surface area is 311 Å². The van der Waals surface area contributed by atoms with Gasteiger partial charge < -0.3 is 9.97 Å². The standard InChI is InChI=1S/C26H22N.C21H20N.Ir/c1-16-13-24(27-15-17(16)2)19-10-12-23-22(14-19)21-11-9-18-7-5-6-8-20(18)25(21)26(23,3)4;1-21(2,3)19-12-13-22-20(15-19)18-11-7-10-17(14-18)16-8-5-4-6-9-16;/h5-9,11-15H,1-4H3;4-10,12-15H,1-3H3;/q2*-1;.